The van der Waals surface area contributed by atoms with E-state index in [9.17, 15) is 0 Å². The number of hydrogen-bond donors (Lipinski definition) is 0. The summed E-state index contributed by atoms with van der Waals surface area (Å²) in [5, 5.41) is 0.987. The average Bonchev–Trinajstić information content (AvgIpc) is 2.26. The molecule has 1 aromatic heterocycles. The molecule has 0 radical (unpaired) electrons. The molecule has 68 valence electrons. The third-order valence-electron chi connectivity index (χ3n) is 1.75. The summed E-state index contributed by atoms with van der Waals surface area (Å²) in [6, 6.07) is 8.02. The van der Waals surface area contributed by atoms with Gasteiger partial charge in [0.25, 0.3) is 0 Å². The van der Waals surface area contributed by atoms with Crippen molar-refractivity contribution in [2.75, 3.05) is 6.61 Å². The minimum absolute atomic E-state index is 0.193. The first-order valence-corrected chi connectivity index (χ1v) is 4.18. The Labute approximate surface area is 81.8 Å². The number of ether oxygens (including phenoxy) is 1. The Bertz CT molecular complexity index is 488. The van der Waals surface area contributed by atoms with Crippen LogP contribution >= 0.6 is 0 Å². The van der Waals surface area contributed by atoms with Crippen LogP contribution in [0.1, 0.15) is 0 Å². The van der Waals surface area contributed by atoms with Crippen molar-refractivity contribution in [1.82, 2.24) is 9.97 Å². The second-order valence-corrected chi connectivity index (χ2v) is 2.70. The number of hydrogen-bond acceptors (Lipinski definition) is 3. The monoisotopic (exact) mass is 184 g/mol. The predicted octanol–water partition coefficient (Wildman–Crippen LogP) is 1.64. The fraction of sp³-hybridized carbons (Fsp3) is 0.0909. The van der Waals surface area contributed by atoms with E-state index in [1.165, 1.54) is 0 Å². The fourth-order valence-corrected chi connectivity index (χ4v) is 1.13. The molecule has 0 atom stereocenters. The average molecular weight is 184 g/mol. The molecule has 0 spiro atoms. The van der Waals surface area contributed by atoms with Crippen molar-refractivity contribution in [2.24, 2.45) is 0 Å². The topological polar surface area (TPSA) is 35.0 Å². The maximum atomic E-state index is 5.10. The van der Waals surface area contributed by atoms with E-state index in [0.717, 1.165) is 10.9 Å². The van der Waals surface area contributed by atoms with Crippen LogP contribution in [0.4, 0.5) is 0 Å². The zero-order chi connectivity index (χ0) is 9.80. The zero-order valence-electron chi connectivity index (χ0n) is 7.47. The quantitative estimate of drug-likeness (QED) is 0.665. The van der Waals surface area contributed by atoms with Gasteiger partial charge in [0.1, 0.15) is 0 Å². The Balaban J connectivity index is 2.37. The predicted molar refractivity (Wildman–Crippen MR) is 53.9 cm³/mol. The molecule has 0 bridgehead atoms. The molecule has 0 saturated heterocycles. The van der Waals surface area contributed by atoms with Gasteiger partial charge in [-0.25, -0.2) is 4.98 Å². The minimum atomic E-state index is 0.193. The summed E-state index contributed by atoms with van der Waals surface area (Å²) in [7, 11) is 0. The number of terminal acetylenes is 1. The SMILES string of the molecule is C#CCOc1ncc2ccccc2n1. The molecule has 0 aliphatic rings. The molecule has 14 heavy (non-hydrogen) atoms. The van der Waals surface area contributed by atoms with Gasteiger partial charge >= 0.3 is 6.01 Å². The normalized spacial score (nSPS) is 9.64. The van der Waals surface area contributed by atoms with Crippen molar-refractivity contribution >= 4 is 10.9 Å². The molecular weight excluding hydrogens is 176 g/mol. The summed E-state index contributed by atoms with van der Waals surface area (Å²) in [4.78, 5) is 8.20. The lowest BCUT2D eigenvalue weighted by Gasteiger charge is -2.00. The number of nitrogens with zero attached hydrogens (tertiary/aromatic N) is 2. The zero-order valence-corrected chi connectivity index (χ0v) is 7.47. The molecule has 0 aliphatic carbocycles. The van der Waals surface area contributed by atoms with E-state index >= 15 is 0 Å². The van der Waals surface area contributed by atoms with Crippen molar-refractivity contribution in [2.45, 2.75) is 0 Å². The van der Waals surface area contributed by atoms with Crippen LogP contribution in [0.2, 0.25) is 0 Å². The number of benzene rings is 1. The lowest BCUT2D eigenvalue weighted by atomic mass is 10.2. The van der Waals surface area contributed by atoms with Gasteiger partial charge in [-0.15, -0.1) is 6.42 Å². The highest BCUT2D eigenvalue weighted by Crippen LogP contribution is 2.12. The van der Waals surface area contributed by atoms with E-state index in [-0.39, 0.29) is 6.61 Å². The van der Waals surface area contributed by atoms with Crippen LogP contribution < -0.4 is 4.74 Å². The Hall–Kier alpha value is -2.08. The highest BCUT2D eigenvalue weighted by molar-refractivity contribution is 5.77. The summed E-state index contributed by atoms with van der Waals surface area (Å²) >= 11 is 0. The first kappa shape index (κ1) is 8.52. The Morgan fingerprint density at radius 2 is 2.21 bits per heavy atom. The van der Waals surface area contributed by atoms with Gasteiger partial charge in [0.05, 0.1) is 5.52 Å². The van der Waals surface area contributed by atoms with Gasteiger partial charge in [0.2, 0.25) is 0 Å². The largest absolute Gasteiger partial charge is 0.450 e. The van der Waals surface area contributed by atoms with E-state index in [1.54, 1.807) is 6.20 Å². The molecule has 0 aliphatic heterocycles. The molecule has 3 nitrogen and oxygen atoms in total. The number of para-hydroxylation sites is 1. The Morgan fingerprint density at radius 1 is 1.36 bits per heavy atom. The smallest absolute Gasteiger partial charge is 0.317 e. The highest BCUT2D eigenvalue weighted by atomic mass is 16.5. The molecule has 0 fully saturated rings. The van der Waals surface area contributed by atoms with Gasteiger partial charge in [-0.1, -0.05) is 24.1 Å². The molecule has 1 heterocycles. The molecule has 0 saturated carbocycles. The van der Waals surface area contributed by atoms with Crippen LogP contribution in [0.15, 0.2) is 30.5 Å². The molecular formula is C11H8N2O. The number of aromatic nitrogens is 2. The summed E-state index contributed by atoms with van der Waals surface area (Å²) in [5.41, 5.74) is 0.856. The first-order valence-electron chi connectivity index (χ1n) is 4.18. The molecule has 2 rings (SSSR count). The second kappa shape index (κ2) is 3.75. The standard InChI is InChI=1S/C11H8N2O/c1-2-7-14-11-12-8-9-5-3-4-6-10(9)13-11/h1,3-6,8H,7H2. The van der Waals surface area contributed by atoms with Gasteiger partial charge in [-0.05, 0) is 6.07 Å². The van der Waals surface area contributed by atoms with Crippen molar-refractivity contribution in [1.29, 1.82) is 0 Å². The van der Waals surface area contributed by atoms with Gasteiger partial charge in [-0.3, -0.25) is 0 Å². The van der Waals surface area contributed by atoms with Gasteiger partial charge in [0, 0.05) is 11.6 Å². The van der Waals surface area contributed by atoms with Crippen molar-refractivity contribution in [3.8, 4) is 18.4 Å². The first-order chi connectivity index (χ1) is 6.90. The van der Waals surface area contributed by atoms with E-state index < -0.39 is 0 Å². The van der Waals surface area contributed by atoms with Crippen molar-refractivity contribution in [3.05, 3.63) is 30.5 Å². The Kier molecular flexibility index (Phi) is 2.28. The third-order valence-corrected chi connectivity index (χ3v) is 1.75. The van der Waals surface area contributed by atoms with Crippen LogP contribution in [0.25, 0.3) is 10.9 Å². The Morgan fingerprint density at radius 3 is 3.07 bits per heavy atom. The van der Waals surface area contributed by atoms with E-state index in [0.29, 0.717) is 6.01 Å². The second-order valence-electron chi connectivity index (χ2n) is 2.70. The van der Waals surface area contributed by atoms with Crippen LogP contribution in [0.5, 0.6) is 6.01 Å². The van der Waals surface area contributed by atoms with E-state index in [2.05, 4.69) is 15.9 Å². The van der Waals surface area contributed by atoms with Gasteiger partial charge in [0.15, 0.2) is 6.61 Å². The van der Waals surface area contributed by atoms with Gasteiger partial charge < -0.3 is 4.74 Å². The lowest BCUT2D eigenvalue weighted by Crippen LogP contribution is -1.98. The van der Waals surface area contributed by atoms with Crippen LogP contribution in [0.3, 0.4) is 0 Å². The molecule has 3 heteroatoms. The van der Waals surface area contributed by atoms with Gasteiger partial charge in [-0.2, -0.15) is 4.98 Å². The number of fused-ring (bicyclic) bond motifs is 1. The molecule has 0 amide bonds. The fourth-order valence-electron chi connectivity index (χ4n) is 1.13. The summed E-state index contributed by atoms with van der Waals surface area (Å²) in [6.07, 6.45) is 6.77. The van der Waals surface area contributed by atoms with Crippen molar-refractivity contribution in [3.63, 3.8) is 0 Å². The molecule has 1 aromatic carbocycles. The maximum absolute atomic E-state index is 5.10. The minimum Gasteiger partial charge on any atom is -0.450 e. The summed E-state index contributed by atoms with van der Waals surface area (Å²) in [5.74, 6) is 2.36. The molecule has 2 aromatic rings. The maximum Gasteiger partial charge on any atom is 0.317 e. The third kappa shape index (κ3) is 1.64. The summed E-state index contributed by atoms with van der Waals surface area (Å²) in [6.45, 7) is 0.193. The van der Waals surface area contributed by atoms with E-state index in [1.807, 2.05) is 24.3 Å². The van der Waals surface area contributed by atoms with Crippen LogP contribution in [-0.4, -0.2) is 16.6 Å². The van der Waals surface area contributed by atoms with Crippen LogP contribution in [0, 0.1) is 12.3 Å². The summed E-state index contributed by atoms with van der Waals surface area (Å²) < 4.78 is 5.10. The van der Waals surface area contributed by atoms with Crippen LogP contribution in [-0.2, 0) is 0 Å². The highest BCUT2D eigenvalue weighted by Gasteiger charge is 1.98. The van der Waals surface area contributed by atoms with Crippen molar-refractivity contribution < 1.29 is 4.74 Å². The molecule has 0 N–H and O–H groups in total. The van der Waals surface area contributed by atoms with E-state index in [4.69, 9.17) is 11.2 Å². The number of rotatable bonds is 2. The lowest BCUT2D eigenvalue weighted by molar-refractivity contribution is 0.341. The molecule has 0 unspecified atom stereocenters.